The van der Waals surface area contributed by atoms with Gasteiger partial charge >= 0.3 is 0 Å². The number of morpholine rings is 1. The molecule has 1 fully saturated rings. The summed E-state index contributed by atoms with van der Waals surface area (Å²) in [7, 11) is 0. The standard InChI is InChI=1S/C22H30N2O3.2ClH/c1-2-26-22-16-20(17-23-10-11-24-12-14-25-15-13-24)8-9-21(22)27-18-19-6-4-3-5-7-19;;/h3-9,16,23H,2,10-15,17-18H2,1H3;2*1H/p-2. The van der Waals surface area contributed by atoms with E-state index < -0.39 is 0 Å². The number of benzene rings is 2. The van der Waals surface area contributed by atoms with Gasteiger partial charge in [-0.15, -0.1) is 0 Å². The van der Waals surface area contributed by atoms with E-state index in [0.29, 0.717) is 13.2 Å². The van der Waals surface area contributed by atoms with Gasteiger partial charge < -0.3 is 44.3 Å². The van der Waals surface area contributed by atoms with Crippen LogP contribution >= 0.6 is 0 Å². The van der Waals surface area contributed by atoms with Crippen LogP contribution in [0, 0.1) is 0 Å². The minimum Gasteiger partial charge on any atom is -1.00 e. The summed E-state index contributed by atoms with van der Waals surface area (Å²) in [4.78, 5) is 2.43. The molecule has 3 rings (SSSR count). The second-order valence-corrected chi connectivity index (χ2v) is 6.62. The Balaban J connectivity index is 0.00000210. The fourth-order valence-electron chi connectivity index (χ4n) is 3.08. The molecule has 0 amide bonds. The second-order valence-electron chi connectivity index (χ2n) is 6.62. The van der Waals surface area contributed by atoms with Gasteiger partial charge in [0, 0.05) is 32.7 Å². The van der Waals surface area contributed by atoms with Crippen molar-refractivity contribution in [1.82, 2.24) is 10.2 Å². The van der Waals surface area contributed by atoms with Crippen LogP contribution in [0.3, 0.4) is 0 Å². The van der Waals surface area contributed by atoms with Crippen molar-refractivity contribution in [2.75, 3.05) is 46.0 Å². The van der Waals surface area contributed by atoms with E-state index in [9.17, 15) is 0 Å². The van der Waals surface area contributed by atoms with Crippen LogP contribution in [-0.4, -0.2) is 50.9 Å². The lowest BCUT2D eigenvalue weighted by atomic mass is 10.2. The van der Waals surface area contributed by atoms with Crippen LogP contribution in [0.1, 0.15) is 18.1 Å². The smallest absolute Gasteiger partial charge is 0.161 e. The number of nitrogens with zero attached hydrogens (tertiary/aromatic N) is 1. The molecule has 1 aliphatic heterocycles. The van der Waals surface area contributed by atoms with Crippen LogP contribution in [0.25, 0.3) is 0 Å². The zero-order valence-corrected chi connectivity index (χ0v) is 18.4. The molecule has 0 aromatic heterocycles. The molecular weight excluding hydrogens is 411 g/mol. The molecular formula is C22H30Cl2N2O3-2. The molecule has 1 heterocycles. The molecule has 7 heteroatoms. The van der Waals surface area contributed by atoms with Gasteiger partial charge in [0.15, 0.2) is 11.5 Å². The molecule has 0 saturated carbocycles. The van der Waals surface area contributed by atoms with Crippen LogP contribution in [0.4, 0.5) is 0 Å². The number of hydrogen-bond acceptors (Lipinski definition) is 5. The summed E-state index contributed by atoms with van der Waals surface area (Å²) >= 11 is 0. The first-order valence-corrected chi connectivity index (χ1v) is 9.78. The Morgan fingerprint density at radius 3 is 2.41 bits per heavy atom. The Morgan fingerprint density at radius 1 is 0.931 bits per heavy atom. The fourth-order valence-corrected chi connectivity index (χ4v) is 3.08. The van der Waals surface area contributed by atoms with Gasteiger partial charge in [-0.1, -0.05) is 36.4 Å². The van der Waals surface area contributed by atoms with Gasteiger partial charge in [0.1, 0.15) is 6.61 Å². The number of nitrogens with one attached hydrogen (secondary N) is 1. The van der Waals surface area contributed by atoms with Crippen molar-refractivity contribution in [3.05, 3.63) is 59.7 Å². The molecule has 0 bridgehead atoms. The summed E-state index contributed by atoms with van der Waals surface area (Å²) in [5, 5.41) is 3.52. The Morgan fingerprint density at radius 2 is 1.69 bits per heavy atom. The van der Waals surface area contributed by atoms with Gasteiger partial charge in [0.2, 0.25) is 0 Å². The van der Waals surface area contributed by atoms with Gasteiger partial charge in [0.25, 0.3) is 0 Å². The van der Waals surface area contributed by atoms with Crippen molar-refractivity contribution in [2.45, 2.75) is 20.1 Å². The molecule has 162 valence electrons. The zero-order chi connectivity index (χ0) is 18.7. The monoisotopic (exact) mass is 440 g/mol. The van der Waals surface area contributed by atoms with Gasteiger partial charge in [-0.2, -0.15) is 0 Å². The Bertz CT molecular complexity index is 683. The van der Waals surface area contributed by atoms with E-state index in [-0.39, 0.29) is 24.8 Å². The van der Waals surface area contributed by atoms with Crippen LogP contribution < -0.4 is 39.6 Å². The third-order valence-corrected chi connectivity index (χ3v) is 4.58. The third kappa shape index (κ3) is 8.81. The minimum atomic E-state index is 0. The van der Waals surface area contributed by atoms with Crippen molar-refractivity contribution in [3.63, 3.8) is 0 Å². The highest BCUT2D eigenvalue weighted by atomic mass is 35.5. The first kappa shape index (κ1) is 25.5. The van der Waals surface area contributed by atoms with Gasteiger partial charge in [0.05, 0.1) is 19.8 Å². The largest absolute Gasteiger partial charge is 1.00 e. The molecule has 5 nitrogen and oxygen atoms in total. The molecule has 2 aromatic carbocycles. The maximum absolute atomic E-state index is 5.97. The molecule has 0 spiro atoms. The number of hydrogen-bond donors (Lipinski definition) is 1. The summed E-state index contributed by atoms with van der Waals surface area (Å²) < 4.78 is 17.1. The lowest BCUT2D eigenvalue weighted by molar-refractivity contribution is -0.001000. The van der Waals surface area contributed by atoms with E-state index in [2.05, 4.69) is 34.5 Å². The van der Waals surface area contributed by atoms with E-state index >= 15 is 0 Å². The maximum atomic E-state index is 5.97. The summed E-state index contributed by atoms with van der Waals surface area (Å²) in [6.07, 6.45) is 0. The van der Waals surface area contributed by atoms with E-state index in [1.54, 1.807) is 0 Å². The molecule has 0 atom stereocenters. The first-order chi connectivity index (χ1) is 13.3. The van der Waals surface area contributed by atoms with Crippen molar-refractivity contribution in [1.29, 1.82) is 0 Å². The maximum Gasteiger partial charge on any atom is 0.161 e. The van der Waals surface area contributed by atoms with Crippen molar-refractivity contribution in [3.8, 4) is 11.5 Å². The second kappa shape index (κ2) is 14.5. The van der Waals surface area contributed by atoms with E-state index in [4.69, 9.17) is 14.2 Å². The van der Waals surface area contributed by atoms with Crippen LogP contribution in [0.15, 0.2) is 48.5 Å². The molecule has 0 aliphatic carbocycles. The first-order valence-electron chi connectivity index (χ1n) is 9.78. The molecule has 0 radical (unpaired) electrons. The van der Waals surface area contributed by atoms with Crippen molar-refractivity contribution >= 4 is 0 Å². The molecule has 0 unspecified atom stereocenters. The molecule has 2 aromatic rings. The zero-order valence-electron chi connectivity index (χ0n) is 16.9. The van der Waals surface area contributed by atoms with Gasteiger partial charge in [-0.25, -0.2) is 0 Å². The average molecular weight is 441 g/mol. The van der Waals surface area contributed by atoms with Crippen LogP contribution in [0.2, 0.25) is 0 Å². The van der Waals surface area contributed by atoms with E-state index in [1.807, 2.05) is 31.2 Å². The van der Waals surface area contributed by atoms with Crippen molar-refractivity contribution in [2.24, 2.45) is 0 Å². The molecule has 29 heavy (non-hydrogen) atoms. The molecule has 1 aliphatic rings. The summed E-state index contributed by atoms with van der Waals surface area (Å²) in [6, 6.07) is 16.4. The lowest BCUT2D eigenvalue weighted by Crippen LogP contribution is -3.00. The highest BCUT2D eigenvalue weighted by Gasteiger charge is 2.10. The molecule has 1 saturated heterocycles. The highest BCUT2D eigenvalue weighted by Crippen LogP contribution is 2.29. The summed E-state index contributed by atoms with van der Waals surface area (Å²) in [6.45, 7) is 9.76. The highest BCUT2D eigenvalue weighted by molar-refractivity contribution is 5.43. The third-order valence-electron chi connectivity index (χ3n) is 4.58. The normalized spacial score (nSPS) is 13.8. The molecule has 1 N–H and O–H groups in total. The Hall–Kier alpha value is -1.50. The van der Waals surface area contributed by atoms with Crippen LogP contribution in [0.5, 0.6) is 11.5 Å². The topological polar surface area (TPSA) is 43.0 Å². The lowest BCUT2D eigenvalue weighted by Gasteiger charge is -2.26. The van der Waals surface area contributed by atoms with Crippen LogP contribution in [-0.2, 0) is 17.9 Å². The number of ether oxygens (including phenoxy) is 3. The fraction of sp³-hybridized carbons (Fsp3) is 0.455. The van der Waals surface area contributed by atoms with E-state index in [1.165, 1.54) is 5.56 Å². The Labute approximate surface area is 186 Å². The predicted octanol–water partition coefficient (Wildman–Crippen LogP) is -2.91. The van der Waals surface area contributed by atoms with E-state index in [0.717, 1.165) is 63.0 Å². The summed E-state index contributed by atoms with van der Waals surface area (Å²) in [5.41, 5.74) is 2.35. The predicted molar refractivity (Wildman–Crippen MR) is 107 cm³/mol. The SMILES string of the molecule is CCOc1cc(CNCCN2CCOCC2)ccc1OCc1ccccc1.[Cl-].[Cl-]. The minimum absolute atomic E-state index is 0. The summed E-state index contributed by atoms with van der Waals surface area (Å²) in [5.74, 6) is 1.60. The van der Waals surface area contributed by atoms with Crippen molar-refractivity contribution < 1.29 is 39.0 Å². The average Bonchev–Trinajstić information content (AvgIpc) is 2.72. The van der Waals surface area contributed by atoms with Gasteiger partial charge in [-0.3, -0.25) is 4.90 Å². The number of rotatable bonds is 10. The quantitative estimate of drug-likeness (QED) is 0.401. The van der Waals surface area contributed by atoms with Gasteiger partial charge in [-0.05, 0) is 30.2 Å². The Kier molecular flexibility index (Phi) is 12.7. The number of halogens is 2.